The molecular formula is C14H17N3O5. The average Bonchev–Trinajstić information content (AvgIpc) is 2.54. The van der Waals surface area contributed by atoms with Gasteiger partial charge in [0.1, 0.15) is 6.04 Å². The summed E-state index contributed by atoms with van der Waals surface area (Å²) in [7, 11) is 0. The van der Waals surface area contributed by atoms with Gasteiger partial charge < -0.3 is 15.0 Å². The Morgan fingerprint density at radius 1 is 1.36 bits per heavy atom. The third kappa shape index (κ3) is 3.79. The van der Waals surface area contributed by atoms with Crippen LogP contribution in [0.5, 0.6) is 0 Å². The molecule has 22 heavy (non-hydrogen) atoms. The van der Waals surface area contributed by atoms with Crippen molar-refractivity contribution in [2.24, 2.45) is 0 Å². The molecule has 2 rings (SSSR count). The molecule has 8 nitrogen and oxygen atoms in total. The molecule has 0 aliphatic carbocycles. The zero-order chi connectivity index (χ0) is 16.1. The smallest absolute Gasteiger partial charge is 0.270 e. The van der Waals surface area contributed by atoms with Crippen LogP contribution in [-0.2, 0) is 9.53 Å². The molecule has 0 spiro atoms. The molecule has 1 saturated heterocycles. The van der Waals surface area contributed by atoms with Crippen LogP contribution in [0.3, 0.4) is 0 Å². The van der Waals surface area contributed by atoms with E-state index < -0.39 is 16.9 Å². The molecule has 1 aliphatic heterocycles. The molecule has 1 atom stereocenters. The summed E-state index contributed by atoms with van der Waals surface area (Å²) >= 11 is 0. The molecule has 118 valence electrons. The number of nitrogens with one attached hydrogen (secondary N) is 1. The Bertz CT molecular complexity index is 584. The maximum Gasteiger partial charge on any atom is 0.270 e. The first kappa shape index (κ1) is 15.9. The van der Waals surface area contributed by atoms with Crippen LogP contribution < -0.4 is 5.32 Å². The first-order valence-electron chi connectivity index (χ1n) is 6.91. The second-order valence-electron chi connectivity index (χ2n) is 4.94. The summed E-state index contributed by atoms with van der Waals surface area (Å²) in [5.41, 5.74) is -0.0179. The Balaban J connectivity index is 2.00. The van der Waals surface area contributed by atoms with Gasteiger partial charge in [-0.2, -0.15) is 0 Å². The first-order valence-corrected chi connectivity index (χ1v) is 6.91. The minimum Gasteiger partial charge on any atom is -0.378 e. The molecule has 0 bridgehead atoms. The molecule has 1 heterocycles. The van der Waals surface area contributed by atoms with Crippen LogP contribution in [-0.4, -0.2) is 54.0 Å². The number of amides is 2. The largest absolute Gasteiger partial charge is 0.378 e. The van der Waals surface area contributed by atoms with Crippen molar-refractivity contribution >= 4 is 17.5 Å². The third-order valence-corrected chi connectivity index (χ3v) is 3.36. The lowest BCUT2D eigenvalue weighted by atomic mass is 10.1. The number of ether oxygens (including phenoxy) is 1. The quantitative estimate of drug-likeness (QED) is 0.647. The fraction of sp³-hybridized carbons (Fsp3) is 0.429. The molecule has 1 aromatic carbocycles. The normalized spacial score (nSPS) is 16.0. The molecule has 2 amide bonds. The summed E-state index contributed by atoms with van der Waals surface area (Å²) in [6, 6.07) is 4.68. The van der Waals surface area contributed by atoms with Gasteiger partial charge in [0.05, 0.1) is 18.1 Å². The van der Waals surface area contributed by atoms with Gasteiger partial charge >= 0.3 is 0 Å². The van der Waals surface area contributed by atoms with Gasteiger partial charge in [-0.25, -0.2) is 0 Å². The number of hydrogen-bond donors (Lipinski definition) is 1. The second kappa shape index (κ2) is 6.99. The fourth-order valence-electron chi connectivity index (χ4n) is 2.16. The topological polar surface area (TPSA) is 102 Å². The molecular weight excluding hydrogens is 290 g/mol. The van der Waals surface area contributed by atoms with E-state index in [2.05, 4.69) is 5.32 Å². The van der Waals surface area contributed by atoms with E-state index in [4.69, 9.17) is 4.74 Å². The Morgan fingerprint density at radius 3 is 2.68 bits per heavy atom. The first-order chi connectivity index (χ1) is 10.5. The van der Waals surface area contributed by atoms with Gasteiger partial charge in [-0.05, 0) is 13.0 Å². The molecule has 0 unspecified atom stereocenters. The number of benzene rings is 1. The Kier molecular flexibility index (Phi) is 5.05. The van der Waals surface area contributed by atoms with E-state index in [9.17, 15) is 19.7 Å². The number of rotatable bonds is 4. The summed E-state index contributed by atoms with van der Waals surface area (Å²) in [6.45, 7) is 3.55. The second-order valence-corrected chi connectivity index (χ2v) is 4.94. The minimum absolute atomic E-state index is 0.149. The van der Waals surface area contributed by atoms with Crippen molar-refractivity contribution in [3.8, 4) is 0 Å². The maximum atomic E-state index is 12.2. The molecule has 1 N–H and O–H groups in total. The van der Waals surface area contributed by atoms with Gasteiger partial charge in [-0.3, -0.25) is 19.7 Å². The SMILES string of the molecule is C[C@H](NC(=O)c1cccc([N+](=O)[O-])c1)C(=O)N1CCOCC1. The van der Waals surface area contributed by atoms with Gasteiger partial charge in [-0.1, -0.05) is 6.07 Å². The van der Waals surface area contributed by atoms with Crippen molar-refractivity contribution in [2.45, 2.75) is 13.0 Å². The van der Waals surface area contributed by atoms with Crippen molar-refractivity contribution in [1.82, 2.24) is 10.2 Å². The molecule has 1 aromatic rings. The standard InChI is InChI=1S/C14H17N3O5/c1-10(14(19)16-5-7-22-8-6-16)15-13(18)11-3-2-4-12(9-11)17(20)21/h2-4,9-10H,5-8H2,1H3,(H,15,18)/t10-/m0/s1. The zero-order valence-corrected chi connectivity index (χ0v) is 12.2. The van der Waals surface area contributed by atoms with Crippen LogP contribution in [0, 0.1) is 10.1 Å². The lowest BCUT2D eigenvalue weighted by Gasteiger charge is -2.29. The number of nitrogens with zero attached hydrogens (tertiary/aromatic N) is 2. The number of carbonyl (C=O) groups excluding carboxylic acids is 2. The molecule has 0 saturated carbocycles. The number of nitro benzene ring substituents is 1. The van der Waals surface area contributed by atoms with Crippen molar-refractivity contribution in [1.29, 1.82) is 0 Å². The summed E-state index contributed by atoms with van der Waals surface area (Å²) in [4.78, 5) is 36.0. The number of non-ortho nitro benzene ring substituents is 1. The minimum atomic E-state index is -0.704. The zero-order valence-electron chi connectivity index (χ0n) is 12.2. The molecule has 0 aromatic heterocycles. The Labute approximate surface area is 127 Å². The Morgan fingerprint density at radius 2 is 2.05 bits per heavy atom. The van der Waals surface area contributed by atoms with Gasteiger partial charge in [0.25, 0.3) is 11.6 Å². The Hall–Kier alpha value is -2.48. The summed E-state index contributed by atoms with van der Waals surface area (Å²) in [6.07, 6.45) is 0. The highest BCUT2D eigenvalue weighted by molar-refractivity contribution is 5.97. The number of morpholine rings is 1. The van der Waals surface area contributed by atoms with E-state index in [1.165, 1.54) is 24.3 Å². The van der Waals surface area contributed by atoms with Crippen LogP contribution in [0.25, 0.3) is 0 Å². The van der Waals surface area contributed by atoms with E-state index >= 15 is 0 Å². The summed E-state index contributed by atoms with van der Waals surface area (Å²) in [5.74, 6) is -0.708. The van der Waals surface area contributed by atoms with E-state index in [0.717, 1.165) is 0 Å². The fourth-order valence-corrected chi connectivity index (χ4v) is 2.16. The van der Waals surface area contributed by atoms with E-state index in [-0.39, 0.29) is 17.2 Å². The molecule has 8 heteroatoms. The third-order valence-electron chi connectivity index (χ3n) is 3.36. The van der Waals surface area contributed by atoms with Gasteiger partial charge in [0.2, 0.25) is 5.91 Å². The van der Waals surface area contributed by atoms with Crippen LogP contribution in [0.4, 0.5) is 5.69 Å². The van der Waals surface area contributed by atoms with Crippen molar-refractivity contribution < 1.29 is 19.2 Å². The maximum absolute atomic E-state index is 12.2. The van der Waals surface area contributed by atoms with Crippen molar-refractivity contribution in [2.75, 3.05) is 26.3 Å². The van der Waals surface area contributed by atoms with Crippen LogP contribution >= 0.6 is 0 Å². The van der Waals surface area contributed by atoms with E-state index in [0.29, 0.717) is 26.3 Å². The number of nitro groups is 1. The lowest BCUT2D eigenvalue weighted by molar-refractivity contribution is -0.384. The van der Waals surface area contributed by atoms with E-state index in [1.54, 1.807) is 11.8 Å². The van der Waals surface area contributed by atoms with Crippen molar-refractivity contribution in [3.63, 3.8) is 0 Å². The molecule has 1 aliphatic rings. The number of hydrogen-bond acceptors (Lipinski definition) is 5. The average molecular weight is 307 g/mol. The van der Waals surface area contributed by atoms with Gasteiger partial charge in [-0.15, -0.1) is 0 Å². The predicted molar refractivity (Wildman–Crippen MR) is 77.4 cm³/mol. The van der Waals surface area contributed by atoms with Crippen LogP contribution in [0.15, 0.2) is 24.3 Å². The molecule has 0 radical (unpaired) electrons. The lowest BCUT2D eigenvalue weighted by Crippen LogP contribution is -2.50. The molecule has 1 fully saturated rings. The van der Waals surface area contributed by atoms with Gasteiger partial charge in [0.15, 0.2) is 0 Å². The summed E-state index contributed by atoms with van der Waals surface area (Å²) in [5, 5.41) is 13.3. The number of carbonyl (C=O) groups is 2. The van der Waals surface area contributed by atoms with Crippen LogP contribution in [0.2, 0.25) is 0 Å². The highest BCUT2D eigenvalue weighted by Gasteiger charge is 2.24. The highest BCUT2D eigenvalue weighted by atomic mass is 16.6. The van der Waals surface area contributed by atoms with Gasteiger partial charge in [0, 0.05) is 30.8 Å². The van der Waals surface area contributed by atoms with E-state index in [1.807, 2.05) is 0 Å². The highest BCUT2D eigenvalue weighted by Crippen LogP contribution is 2.13. The summed E-state index contributed by atoms with van der Waals surface area (Å²) < 4.78 is 5.17. The monoisotopic (exact) mass is 307 g/mol. The van der Waals surface area contributed by atoms with Crippen molar-refractivity contribution in [3.05, 3.63) is 39.9 Å². The predicted octanol–water partition coefficient (Wildman–Crippen LogP) is 0.572. The van der Waals surface area contributed by atoms with Crippen LogP contribution in [0.1, 0.15) is 17.3 Å².